The van der Waals surface area contributed by atoms with Crippen LogP contribution >= 0.6 is 0 Å². The average molecular weight is 181 g/mol. The molecule has 0 atom stereocenters. The summed E-state index contributed by atoms with van der Waals surface area (Å²) in [6, 6.07) is 3.76. The third-order valence-electron chi connectivity index (χ3n) is 1.63. The molecular formula is C10H15NO2. The van der Waals surface area contributed by atoms with Gasteiger partial charge in [0.2, 0.25) is 0 Å². The maximum Gasteiger partial charge on any atom is 0.311 e. The molecule has 0 unspecified atom stereocenters. The molecule has 0 aliphatic rings. The van der Waals surface area contributed by atoms with Crippen LogP contribution < -0.4 is 0 Å². The molecule has 0 saturated carbocycles. The number of ether oxygens (including phenoxy) is 1. The number of carbonyl (C=O) groups is 1. The zero-order chi connectivity index (χ0) is 9.90. The predicted octanol–water partition coefficient (Wildman–Crippen LogP) is 2.10. The molecule has 0 aromatic carbocycles. The molecule has 72 valence electrons. The summed E-state index contributed by atoms with van der Waals surface area (Å²) in [5.74, 6) is -0.179. The van der Waals surface area contributed by atoms with Crippen LogP contribution in [-0.2, 0) is 16.1 Å². The Labute approximate surface area is 78.1 Å². The summed E-state index contributed by atoms with van der Waals surface area (Å²) in [5.41, 5.74) is 0.490. The topological polar surface area (TPSA) is 42.1 Å². The van der Waals surface area contributed by atoms with Gasteiger partial charge in [0.15, 0.2) is 0 Å². The molecule has 13 heavy (non-hydrogen) atoms. The van der Waals surface area contributed by atoms with Crippen molar-refractivity contribution in [3.63, 3.8) is 0 Å². The first-order valence-electron chi connectivity index (χ1n) is 4.29. The van der Waals surface area contributed by atoms with Crippen molar-refractivity contribution in [1.82, 2.24) is 4.98 Å². The van der Waals surface area contributed by atoms with E-state index in [2.05, 4.69) is 4.98 Å². The van der Waals surface area contributed by atoms with Crippen molar-refractivity contribution in [3.8, 4) is 0 Å². The highest BCUT2D eigenvalue weighted by Gasteiger charge is 2.22. The summed E-state index contributed by atoms with van der Waals surface area (Å²) in [7, 11) is 0. The first kappa shape index (κ1) is 9.84. The summed E-state index contributed by atoms with van der Waals surface area (Å²) in [5, 5.41) is 0. The normalized spacial score (nSPS) is 11.3. The number of aromatic amines is 1. The summed E-state index contributed by atoms with van der Waals surface area (Å²) in [6.07, 6.45) is 1.81. The van der Waals surface area contributed by atoms with Crippen molar-refractivity contribution in [2.75, 3.05) is 0 Å². The molecule has 1 N–H and O–H groups in total. The first-order chi connectivity index (χ1) is 6.00. The van der Waals surface area contributed by atoms with Gasteiger partial charge in [0.1, 0.15) is 6.61 Å². The number of carbonyl (C=O) groups excluding carboxylic acids is 1. The Morgan fingerprint density at radius 2 is 2.23 bits per heavy atom. The van der Waals surface area contributed by atoms with Crippen LogP contribution in [0, 0.1) is 5.41 Å². The fourth-order valence-electron chi connectivity index (χ4n) is 0.817. The molecule has 0 spiro atoms. The fraction of sp³-hybridized carbons (Fsp3) is 0.500. The molecule has 3 heteroatoms. The monoisotopic (exact) mass is 181 g/mol. The molecule has 0 bridgehead atoms. The molecule has 1 aromatic heterocycles. The molecule has 1 rings (SSSR count). The lowest BCUT2D eigenvalue weighted by molar-refractivity contribution is -0.154. The van der Waals surface area contributed by atoms with Crippen LogP contribution in [0.25, 0.3) is 0 Å². The first-order valence-corrected chi connectivity index (χ1v) is 4.29. The molecule has 3 nitrogen and oxygen atoms in total. The van der Waals surface area contributed by atoms with E-state index < -0.39 is 5.41 Å². The van der Waals surface area contributed by atoms with E-state index in [1.54, 1.807) is 6.20 Å². The van der Waals surface area contributed by atoms with Gasteiger partial charge in [-0.05, 0) is 32.9 Å². The Balaban J connectivity index is 2.40. The van der Waals surface area contributed by atoms with E-state index in [-0.39, 0.29) is 5.97 Å². The molecule has 1 heterocycles. The Bertz CT molecular complexity index is 270. The van der Waals surface area contributed by atoms with Crippen LogP contribution in [0.5, 0.6) is 0 Å². The second kappa shape index (κ2) is 3.64. The zero-order valence-electron chi connectivity index (χ0n) is 8.26. The van der Waals surface area contributed by atoms with Crippen molar-refractivity contribution >= 4 is 5.97 Å². The van der Waals surface area contributed by atoms with Crippen molar-refractivity contribution in [2.45, 2.75) is 27.4 Å². The van der Waals surface area contributed by atoms with E-state index in [0.717, 1.165) is 5.69 Å². The highest BCUT2D eigenvalue weighted by atomic mass is 16.5. The Kier molecular flexibility index (Phi) is 2.76. The lowest BCUT2D eigenvalue weighted by Gasteiger charge is -2.15. The van der Waals surface area contributed by atoms with Crippen molar-refractivity contribution in [1.29, 1.82) is 0 Å². The van der Waals surface area contributed by atoms with Gasteiger partial charge in [0.25, 0.3) is 0 Å². The summed E-state index contributed by atoms with van der Waals surface area (Å²) >= 11 is 0. The van der Waals surface area contributed by atoms with Crippen LogP contribution in [0.3, 0.4) is 0 Å². The van der Waals surface area contributed by atoms with Gasteiger partial charge in [-0.2, -0.15) is 0 Å². The third-order valence-corrected chi connectivity index (χ3v) is 1.63. The van der Waals surface area contributed by atoms with Crippen LogP contribution in [0.4, 0.5) is 0 Å². The van der Waals surface area contributed by atoms with Gasteiger partial charge in [-0.15, -0.1) is 0 Å². The summed E-state index contributed by atoms with van der Waals surface area (Å²) in [6.45, 7) is 5.83. The molecule has 0 radical (unpaired) electrons. The molecule has 0 aliphatic carbocycles. The SMILES string of the molecule is CC(C)(C)C(=O)OCc1ccc[nH]1. The number of aromatic nitrogens is 1. The molecule has 0 fully saturated rings. The van der Waals surface area contributed by atoms with Gasteiger partial charge in [-0.25, -0.2) is 0 Å². The van der Waals surface area contributed by atoms with Crippen LogP contribution in [0.15, 0.2) is 18.3 Å². The number of nitrogens with one attached hydrogen (secondary N) is 1. The van der Waals surface area contributed by atoms with Crippen LogP contribution in [0.1, 0.15) is 26.5 Å². The quantitative estimate of drug-likeness (QED) is 0.710. The van der Waals surface area contributed by atoms with Gasteiger partial charge >= 0.3 is 5.97 Å². The van der Waals surface area contributed by atoms with E-state index in [1.807, 2.05) is 32.9 Å². The van der Waals surface area contributed by atoms with E-state index in [1.165, 1.54) is 0 Å². The van der Waals surface area contributed by atoms with Gasteiger partial charge in [-0.1, -0.05) is 0 Å². The average Bonchev–Trinajstić information content (AvgIpc) is 2.50. The molecular weight excluding hydrogens is 166 g/mol. The zero-order valence-corrected chi connectivity index (χ0v) is 8.26. The minimum Gasteiger partial charge on any atom is -0.459 e. The van der Waals surface area contributed by atoms with E-state index in [0.29, 0.717) is 6.61 Å². The molecule has 1 aromatic rings. The van der Waals surface area contributed by atoms with Gasteiger partial charge in [0.05, 0.1) is 11.1 Å². The standard InChI is InChI=1S/C10H15NO2/c1-10(2,3)9(12)13-7-8-5-4-6-11-8/h4-6,11H,7H2,1-3H3. The molecule has 0 aliphatic heterocycles. The van der Waals surface area contributed by atoms with E-state index in [9.17, 15) is 4.79 Å². The maximum absolute atomic E-state index is 11.3. The Morgan fingerprint density at radius 1 is 1.54 bits per heavy atom. The van der Waals surface area contributed by atoms with Gasteiger partial charge in [-0.3, -0.25) is 4.79 Å². The smallest absolute Gasteiger partial charge is 0.311 e. The predicted molar refractivity (Wildman–Crippen MR) is 50.0 cm³/mol. The lowest BCUT2D eigenvalue weighted by atomic mass is 9.97. The number of esters is 1. The minimum absolute atomic E-state index is 0.179. The van der Waals surface area contributed by atoms with Gasteiger partial charge in [0, 0.05) is 6.20 Å². The summed E-state index contributed by atoms with van der Waals surface area (Å²) < 4.78 is 5.08. The molecule has 0 amide bonds. The van der Waals surface area contributed by atoms with E-state index >= 15 is 0 Å². The highest BCUT2D eigenvalue weighted by molar-refractivity contribution is 5.75. The van der Waals surface area contributed by atoms with Crippen LogP contribution in [-0.4, -0.2) is 11.0 Å². The number of rotatable bonds is 2. The number of hydrogen-bond donors (Lipinski definition) is 1. The summed E-state index contributed by atoms with van der Waals surface area (Å²) in [4.78, 5) is 14.3. The minimum atomic E-state index is -0.424. The van der Waals surface area contributed by atoms with E-state index in [4.69, 9.17) is 4.74 Å². The second-order valence-electron chi connectivity index (χ2n) is 4.02. The Hall–Kier alpha value is -1.25. The Morgan fingerprint density at radius 3 is 2.69 bits per heavy atom. The number of H-pyrrole nitrogens is 1. The van der Waals surface area contributed by atoms with Crippen molar-refractivity contribution < 1.29 is 9.53 Å². The molecule has 0 saturated heterocycles. The fourth-order valence-corrected chi connectivity index (χ4v) is 0.817. The largest absolute Gasteiger partial charge is 0.459 e. The maximum atomic E-state index is 11.3. The third kappa shape index (κ3) is 2.93. The van der Waals surface area contributed by atoms with Gasteiger partial charge < -0.3 is 9.72 Å². The van der Waals surface area contributed by atoms with Crippen molar-refractivity contribution in [3.05, 3.63) is 24.0 Å². The van der Waals surface area contributed by atoms with Crippen LogP contribution in [0.2, 0.25) is 0 Å². The van der Waals surface area contributed by atoms with Crippen molar-refractivity contribution in [2.24, 2.45) is 5.41 Å². The lowest BCUT2D eigenvalue weighted by Crippen LogP contribution is -2.22. The highest BCUT2D eigenvalue weighted by Crippen LogP contribution is 2.15. The second-order valence-corrected chi connectivity index (χ2v) is 4.02. The number of hydrogen-bond acceptors (Lipinski definition) is 2.